The first-order valence-electron chi connectivity index (χ1n) is 8.77. The molecule has 1 unspecified atom stereocenters. The highest BCUT2D eigenvalue weighted by Crippen LogP contribution is 2.27. The number of carbonyl (C=O) groups excluding carboxylic acids is 1. The third-order valence-electron chi connectivity index (χ3n) is 4.98. The first kappa shape index (κ1) is 23.0. The fraction of sp³-hybridized carbons (Fsp3) is 0.941. The Morgan fingerprint density at radius 3 is 2.26 bits per heavy atom. The number of nitrogens with one attached hydrogen (secondary N) is 2. The van der Waals surface area contributed by atoms with Crippen LogP contribution in [0.3, 0.4) is 0 Å². The highest BCUT2D eigenvalue weighted by Gasteiger charge is 2.26. The largest absolute Gasteiger partial charge is 0.353 e. The van der Waals surface area contributed by atoms with E-state index in [0.717, 1.165) is 24.9 Å². The minimum absolute atomic E-state index is 0. The van der Waals surface area contributed by atoms with Crippen molar-refractivity contribution in [1.82, 2.24) is 15.5 Å². The van der Waals surface area contributed by atoms with Gasteiger partial charge in [0.2, 0.25) is 5.91 Å². The third-order valence-corrected chi connectivity index (χ3v) is 4.98. The lowest BCUT2D eigenvalue weighted by atomic mass is 9.94. The second-order valence-corrected chi connectivity index (χ2v) is 7.41. The maximum Gasteiger partial charge on any atom is 0.234 e. The molecule has 0 aromatic rings. The molecule has 2 N–H and O–H groups in total. The molecular weight excluding hydrogens is 333 g/mol. The van der Waals surface area contributed by atoms with Gasteiger partial charge < -0.3 is 10.6 Å². The van der Waals surface area contributed by atoms with E-state index in [1.807, 2.05) is 0 Å². The first-order valence-corrected chi connectivity index (χ1v) is 8.77. The molecule has 2 aliphatic rings. The van der Waals surface area contributed by atoms with E-state index >= 15 is 0 Å². The summed E-state index contributed by atoms with van der Waals surface area (Å²) in [5, 5.41) is 6.38. The van der Waals surface area contributed by atoms with Crippen molar-refractivity contribution in [2.75, 3.05) is 32.7 Å². The Kier molecular flexibility index (Phi) is 11.5. The number of likely N-dealkylation sites (tertiary alicyclic amines) is 1. The molecule has 1 aliphatic carbocycles. The van der Waals surface area contributed by atoms with Crippen molar-refractivity contribution in [3.05, 3.63) is 0 Å². The number of hydrogen-bond acceptors (Lipinski definition) is 3. The molecule has 1 aliphatic heterocycles. The van der Waals surface area contributed by atoms with Crippen molar-refractivity contribution in [2.45, 2.75) is 52.5 Å². The van der Waals surface area contributed by atoms with Gasteiger partial charge in [-0.2, -0.15) is 0 Å². The molecular formula is C17H35Cl2N3O. The van der Waals surface area contributed by atoms with Crippen LogP contribution >= 0.6 is 24.8 Å². The molecule has 0 radical (unpaired) electrons. The quantitative estimate of drug-likeness (QED) is 0.692. The number of rotatable bonds is 8. The Hall–Kier alpha value is -0.0300. The molecule has 1 saturated heterocycles. The topological polar surface area (TPSA) is 44.4 Å². The molecule has 2 rings (SSSR count). The van der Waals surface area contributed by atoms with Crippen LogP contribution in [-0.2, 0) is 4.79 Å². The van der Waals surface area contributed by atoms with Gasteiger partial charge in [-0.3, -0.25) is 9.69 Å². The molecule has 23 heavy (non-hydrogen) atoms. The molecule has 0 spiro atoms. The van der Waals surface area contributed by atoms with Crippen LogP contribution in [0.4, 0.5) is 0 Å². The van der Waals surface area contributed by atoms with Gasteiger partial charge in [-0.15, -0.1) is 24.8 Å². The minimum Gasteiger partial charge on any atom is -0.353 e. The Balaban J connectivity index is 0.00000242. The minimum atomic E-state index is 0. The summed E-state index contributed by atoms with van der Waals surface area (Å²) in [6.45, 7) is 11.5. The molecule has 2 fully saturated rings. The van der Waals surface area contributed by atoms with Gasteiger partial charge in [-0.05, 0) is 63.1 Å². The average molecular weight is 368 g/mol. The van der Waals surface area contributed by atoms with E-state index in [1.165, 1.54) is 38.8 Å². The lowest BCUT2D eigenvalue weighted by molar-refractivity contribution is -0.120. The first-order chi connectivity index (χ1) is 10.1. The smallest absolute Gasteiger partial charge is 0.234 e. The number of halogens is 2. The number of piperidine rings is 1. The monoisotopic (exact) mass is 367 g/mol. The van der Waals surface area contributed by atoms with Crippen molar-refractivity contribution < 1.29 is 4.79 Å². The van der Waals surface area contributed by atoms with Crippen molar-refractivity contribution in [2.24, 2.45) is 17.8 Å². The molecule has 138 valence electrons. The van der Waals surface area contributed by atoms with Gasteiger partial charge >= 0.3 is 0 Å². The van der Waals surface area contributed by atoms with E-state index in [9.17, 15) is 4.79 Å². The highest BCUT2D eigenvalue weighted by molar-refractivity contribution is 5.85. The normalized spacial score (nSPS) is 20.5. The maximum atomic E-state index is 11.9. The molecule has 1 saturated carbocycles. The van der Waals surface area contributed by atoms with Crippen molar-refractivity contribution in [3.63, 3.8) is 0 Å². The Labute approximate surface area is 154 Å². The molecule has 1 amide bonds. The fourth-order valence-corrected chi connectivity index (χ4v) is 3.14. The number of nitrogens with zero attached hydrogens (tertiary/aromatic N) is 1. The van der Waals surface area contributed by atoms with E-state index in [4.69, 9.17) is 0 Å². The lowest BCUT2D eigenvalue weighted by Crippen LogP contribution is -2.50. The van der Waals surface area contributed by atoms with Crippen LogP contribution in [-0.4, -0.2) is 49.6 Å². The van der Waals surface area contributed by atoms with Gasteiger partial charge in [0.25, 0.3) is 0 Å². The van der Waals surface area contributed by atoms with Crippen LogP contribution in [0.15, 0.2) is 0 Å². The molecule has 6 heteroatoms. The van der Waals surface area contributed by atoms with Gasteiger partial charge in [0.1, 0.15) is 0 Å². The summed E-state index contributed by atoms with van der Waals surface area (Å²) in [7, 11) is 0. The van der Waals surface area contributed by atoms with E-state index in [-0.39, 0.29) is 30.7 Å². The molecule has 0 aromatic carbocycles. The van der Waals surface area contributed by atoms with Crippen LogP contribution in [0.2, 0.25) is 0 Å². The van der Waals surface area contributed by atoms with E-state index in [0.29, 0.717) is 18.5 Å². The maximum absolute atomic E-state index is 11.9. The Bertz CT molecular complexity index is 330. The molecule has 0 aromatic heterocycles. The standard InChI is InChI=1S/C17H33N3O.2ClH/c1-13(2)16(20-8-6-14(3)7-9-20)11-19-17(21)12-18-10-15-4-5-15;;/h13-16,18H,4-12H2,1-3H3,(H,19,21);2*1H. The lowest BCUT2D eigenvalue weighted by Gasteiger charge is -2.38. The van der Waals surface area contributed by atoms with Crippen LogP contribution in [0.5, 0.6) is 0 Å². The number of hydrogen-bond donors (Lipinski definition) is 2. The van der Waals surface area contributed by atoms with E-state index < -0.39 is 0 Å². The average Bonchev–Trinajstić information content (AvgIpc) is 3.25. The van der Waals surface area contributed by atoms with Crippen molar-refractivity contribution >= 4 is 30.7 Å². The molecule has 1 heterocycles. The zero-order valence-electron chi connectivity index (χ0n) is 14.8. The Morgan fingerprint density at radius 1 is 1.13 bits per heavy atom. The predicted octanol–water partition coefficient (Wildman–Crippen LogP) is 2.70. The van der Waals surface area contributed by atoms with Crippen molar-refractivity contribution in [1.29, 1.82) is 0 Å². The molecule has 4 nitrogen and oxygen atoms in total. The van der Waals surface area contributed by atoms with Crippen LogP contribution < -0.4 is 10.6 Å². The second-order valence-electron chi connectivity index (χ2n) is 7.41. The predicted molar refractivity (Wildman–Crippen MR) is 102 cm³/mol. The summed E-state index contributed by atoms with van der Waals surface area (Å²) in [4.78, 5) is 14.5. The van der Waals surface area contributed by atoms with E-state index in [1.54, 1.807) is 0 Å². The zero-order valence-corrected chi connectivity index (χ0v) is 16.5. The summed E-state index contributed by atoms with van der Waals surface area (Å²) >= 11 is 0. The van der Waals surface area contributed by atoms with E-state index in [2.05, 4.69) is 36.3 Å². The van der Waals surface area contributed by atoms with Crippen LogP contribution in [0, 0.1) is 17.8 Å². The second kappa shape index (κ2) is 11.5. The van der Waals surface area contributed by atoms with Crippen molar-refractivity contribution in [3.8, 4) is 0 Å². The van der Waals surface area contributed by atoms with Gasteiger partial charge in [0.15, 0.2) is 0 Å². The summed E-state index contributed by atoms with van der Waals surface area (Å²) in [6, 6.07) is 0.477. The third kappa shape index (κ3) is 8.57. The van der Waals surface area contributed by atoms with Gasteiger partial charge in [0.05, 0.1) is 6.54 Å². The Morgan fingerprint density at radius 2 is 1.74 bits per heavy atom. The summed E-state index contributed by atoms with van der Waals surface area (Å²) in [5.41, 5.74) is 0. The summed E-state index contributed by atoms with van der Waals surface area (Å²) in [6.07, 6.45) is 5.25. The molecule has 1 atom stereocenters. The number of carbonyl (C=O) groups is 1. The number of amides is 1. The SMILES string of the molecule is CC1CCN(C(CNC(=O)CNCC2CC2)C(C)C)CC1.Cl.Cl. The molecule has 0 bridgehead atoms. The summed E-state index contributed by atoms with van der Waals surface area (Å²) < 4.78 is 0. The summed E-state index contributed by atoms with van der Waals surface area (Å²) in [5.74, 6) is 2.41. The van der Waals surface area contributed by atoms with Gasteiger partial charge in [-0.25, -0.2) is 0 Å². The van der Waals surface area contributed by atoms with Gasteiger partial charge in [0, 0.05) is 12.6 Å². The van der Waals surface area contributed by atoms with Crippen LogP contribution in [0.25, 0.3) is 0 Å². The zero-order chi connectivity index (χ0) is 15.2. The van der Waals surface area contributed by atoms with Gasteiger partial charge in [-0.1, -0.05) is 20.8 Å². The fourth-order valence-electron chi connectivity index (χ4n) is 3.14. The highest BCUT2D eigenvalue weighted by atomic mass is 35.5. The van der Waals surface area contributed by atoms with Crippen LogP contribution in [0.1, 0.15) is 46.5 Å².